The highest BCUT2D eigenvalue weighted by molar-refractivity contribution is 6.11. The van der Waals surface area contributed by atoms with Crippen molar-refractivity contribution < 1.29 is 0 Å². The normalized spacial score (nSPS) is 13.4. The number of amidine groups is 1. The Labute approximate surface area is 126 Å². The molecule has 0 unspecified atom stereocenters. The quantitative estimate of drug-likeness (QED) is 0.920. The minimum absolute atomic E-state index is 0.598. The zero-order valence-corrected chi connectivity index (χ0v) is 12.6. The molecule has 0 bridgehead atoms. The van der Waals surface area contributed by atoms with Gasteiger partial charge in [-0.2, -0.15) is 0 Å². The largest absolute Gasteiger partial charge is 0.372 e. The van der Waals surface area contributed by atoms with E-state index in [1.54, 1.807) is 0 Å². The van der Waals surface area contributed by atoms with Crippen molar-refractivity contribution in [3.05, 3.63) is 59.7 Å². The molecule has 3 heteroatoms. The number of fused-ring (bicyclic) bond motifs is 1. The summed E-state index contributed by atoms with van der Waals surface area (Å²) in [6.07, 6.45) is 0. The van der Waals surface area contributed by atoms with E-state index >= 15 is 0 Å². The average molecular weight is 279 g/mol. The molecule has 0 amide bonds. The van der Waals surface area contributed by atoms with E-state index in [4.69, 9.17) is 5.41 Å². The Hall–Kier alpha value is -2.29. The molecule has 0 saturated heterocycles. The minimum atomic E-state index is 0.598. The number of nitrogens with one attached hydrogen (secondary N) is 1. The van der Waals surface area contributed by atoms with Gasteiger partial charge in [0, 0.05) is 30.0 Å². The molecule has 0 radical (unpaired) electrons. The van der Waals surface area contributed by atoms with Crippen molar-refractivity contribution in [2.45, 2.75) is 20.4 Å². The Morgan fingerprint density at radius 1 is 1.00 bits per heavy atom. The molecule has 0 saturated carbocycles. The molecule has 3 nitrogen and oxygen atoms in total. The van der Waals surface area contributed by atoms with Gasteiger partial charge in [-0.15, -0.1) is 0 Å². The van der Waals surface area contributed by atoms with Gasteiger partial charge in [0.15, 0.2) is 0 Å². The lowest BCUT2D eigenvalue weighted by Gasteiger charge is -2.23. The summed E-state index contributed by atoms with van der Waals surface area (Å²) in [5.74, 6) is 0.598. The summed E-state index contributed by atoms with van der Waals surface area (Å²) >= 11 is 0. The third-order valence-electron chi connectivity index (χ3n) is 4.16. The lowest BCUT2D eigenvalue weighted by molar-refractivity contribution is 0.866. The van der Waals surface area contributed by atoms with Crippen LogP contribution in [-0.4, -0.2) is 18.9 Å². The van der Waals surface area contributed by atoms with E-state index in [0.717, 1.165) is 30.9 Å². The Balaban J connectivity index is 1.85. The Bertz CT molecular complexity index is 642. The van der Waals surface area contributed by atoms with Gasteiger partial charge in [0.2, 0.25) is 0 Å². The molecule has 0 atom stereocenters. The van der Waals surface area contributed by atoms with Crippen LogP contribution in [0.15, 0.2) is 48.5 Å². The standard InChI is InChI=1S/C18H21N3/c1-3-20(4-2)15-9-11-16(12-10-15)21-13-14-7-5-6-8-17(14)18(21)19/h5-12,19H,3-4,13H2,1-2H3. The molecule has 1 aliphatic rings. The summed E-state index contributed by atoms with van der Waals surface area (Å²) in [5.41, 5.74) is 4.61. The van der Waals surface area contributed by atoms with Crippen molar-refractivity contribution in [3.63, 3.8) is 0 Å². The van der Waals surface area contributed by atoms with Crippen LogP contribution in [0, 0.1) is 5.41 Å². The second-order valence-electron chi connectivity index (χ2n) is 5.28. The molecular weight excluding hydrogens is 258 g/mol. The summed E-state index contributed by atoms with van der Waals surface area (Å²) in [5, 5.41) is 8.35. The van der Waals surface area contributed by atoms with Crippen LogP contribution in [0.2, 0.25) is 0 Å². The van der Waals surface area contributed by atoms with Crippen LogP contribution >= 0.6 is 0 Å². The second kappa shape index (κ2) is 5.60. The molecule has 0 spiro atoms. The summed E-state index contributed by atoms with van der Waals surface area (Å²) in [7, 11) is 0. The van der Waals surface area contributed by atoms with Gasteiger partial charge in [-0.05, 0) is 43.7 Å². The third kappa shape index (κ3) is 2.40. The molecule has 21 heavy (non-hydrogen) atoms. The summed E-state index contributed by atoms with van der Waals surface area (Å²) in [6.45, 7) is 7.16. The maximum absolute atomic E-state index is 8.35. The topological polar surface area (TPSA) is 30.3 Å². The van der Waals surface area contributed by atoms with Crippen LogP contribution in [0.3, 0.4) is 0 Å². The van der Waals surface area contributed by atoms with Gasteiger partial charge >= 0.3 is 0 Å². The van der Waals surface area contributed by atoms with Crippen LogP contribution < -0.4 is 9.80 Å². The first-order valence-electron chi connectivity index (χ1n) is 7.54. The van der Waals surface area contributed by atoms with Crippen LogP contribution in [-0.2, 0) is 6.54 Å². The molecule has 1 N–H and O–H groups in total. The van der Waals surface area contributed by atoms with Gasteiger partial charge in [0.25, 0.3) is 0 Å². The van der Waals surface area contributed by atoms with E-state index < -0.39 is 0 Å². The van der Waals surface area contributed by atoms with Gasteiger partial charge in [-0.25, -0.2) is 0 Å². The zero-order chi connectivity index (χ0) is 14.8. The highest BCUT2D eigenvalue weighted by atomic mass is 15.2. The molecule has 3 rings (SSSR count). The fourth-order valence-electron chi connectivity index (χ4n) is 2.94. The second-order valence-corrected chi connectivity index (χ2v) is 5.28. The highest BCUT2D eigenvalue weighted by Crippen LogP contribution is 2.29. The van der Waals surface area contributed by atoms with Crippen LogP contribution in [0.5, 0.6) is 0 Å². The predicted octanol–water partition coefficient (Wildman–Crippen LogP) is 3.88. The van der Waals surface area contributed by atoms with Gasteiger partial charge in [0.1, 0.15) is 5.84 Å². The number of hydrogen-bond acceptors (Lipinski definition) is 2. The van der Waals surface area contributed by atoms with Crippen molar-refractivity contribution in [2.75, 3.05) is 22.9 Å². The number of rotatable bonds is 4. The average Bonchev–Trinajstić information content (AvgIpc) is 2.87. The lowest BCUT2D eigenvalue weighted by atomic mass is 10.1. The van der Waals surface area contributed by atoms with Gasteiger partial charge in [-0.1, -0.05) is 24.3 Å². The summed E-state index contributed by atoms with van der Waals surface area (Å²) in [6, 6.07) is 16.7. The number of benzene rings is 2. The van der Waals surface area contributed by atoms with Crippen molar-refractivity contribution in [1.82, 2.24) is 0 Å². The zero-order valence-electron chi connectivity index (χ0n) is 12.6. The molecule has 1 aliphatic heterocycles. The summed E-state index contributed by atoms with van der Waals surface area (Å²) in [4.78, 5) is 4.39. The van der Waals surface area contributed by atoms with Crippen molar-refractivity contribution in [2.24, 2.45) is 0 Å². The molecule has 2 aromatic carbocycles. The first kappa shape index (κ1) is 13.7. The molecular formula is C18H21N3. The van der Waals surface area contributed by atoms with E-state index in [1.165, 1.54) is 11.3 Å². The Morgan fingerprint density at radius 3 is 2.29 bits per heavy atom. The Kier molecular flexibility index (Phi) is 3.65. The summed E-state index contributed by atoms with van der Waals surface area (Å²) < 4.78 is 0. The van der Waals surface area contributed by atoms with Gasteiger partial charge in [-0.3, -0.25) is 5.41 Å². The van der Waals surface area contributed by atoms with Crippen LogP contribution in [0.4, 0.5) is 11.4 Å². The molecule has 1 heterocycles. The van der Waals surface area contributed by atoms with E-state index in [1.807, 2.05) is 18.2 Å². The van der Waals surface area contributed by atoms with Crippen molar-refractivity contribution in [1.29, 1.82) is 5.41 Å². The maximum Gasteiger partial charge on any atom is 0.133 e. The smallest absolute Gasteiger partial charge is 0.133 e. The minimum Gasteiger partial charge on any atom is -0.372 e. The van der Waals surface area contributed by atoms with E-state index in [-0.39, 0.29) is 0 Å². The molecule has 108 valence electrons. The lowest BCUT2D eigenvalue weighted by Crippen LogP contribution is -2.24. The predicted molar refractivity (Wildman–Crippen MR) is 89.5 cm³/mol. The molecule has 0 aromatic heterocycles. The third-order valence-corrected chi connectivity index (χ3v) is 4.16. The van der Waals surface area contributed by atoms with E-state index in [2.05, 4.69) is 54.0 Å². The monoisotopic (exact) mass is 279 g/mol. The first-order valence-corrected chi connectivity index (χ1v) is 7.54. The SMILES string of the molecule is CCN(CC)c1ccc(N2Cc3ccccc3C2=N)cc1. The molecule has 0 aliphatic carbocycles. The van der Waals surface area contributed by atoms with Gasteiger partial charge in [0.05, 0.1) is 6.54 Å². The Morgan fingerprint density at radius 2 is 1.67 bits per heavy atom. The van der Waals surface area contributed by atoms with Gasteiger partial charge < -0.3 is 9.80 Å². The highest BCUT2D eigenvalue weighted by Gasteiger charge is 2.24. The molecule has 2 aromatic rings. The maximum atomic E-state index is 8.35. The number of nitrogens with zero attached hydrogens (tertiary/aromatic N) is 2. The number of hydrogen-bond donors (Lipinski definition) is 1. The fraction of sp³-hybridized carbons (Fsp3) is 0.278. The van der Waals surface area contributed by atoms with Crippen molar-refractivity contribution in [3.8, 4) is 0 Å². The van der Waals surface area contributed by atoms with Crippen LogP contribution in [0.1, 0.15) is 25.0 Å². The van der Waals surface area contributed by atoms with Crippen LogP contribution in [0.25, 0.3) is 0 Å². The fourth-order valence-corrected chi connectivity index (χ4v) is 2.94. The van der Waals surface area contributed by atoms with E-state index in [9.17, 15) is 0 Å². The molecule has 0 fully saturated rings. The number of anilines is 2. The van der Waals surface area contributed by atoms with E-state index in [0.29, 0.717) is 5.84 Å². The first-order chi connectivity index (χ1) is 10.2. The van der Waals surface area contributed by atoms with Crippen molar-refractivity contribution >= 4 is 17.2 Å².